The summed E-state index contributed by atoms with van der Waals surface area (Å²) in [6.45, 7) is 7.43. The van der Waals surface area contributed by atoms with Gasteiger partial charge in [0.1, 0.15) is 0 Å². The SMILES string of the molecule is CCNN.CNNCc1ccc(C(=O)NC(C)C)cc1. The summed E-state index contributed by atoms with van der Waals surface area (Å²) >= 11 is 0. The summed E-state index contributed by atoms with van der Waals surface area (Å²) in [7, 11) is 1.82. The van der Waals surface area contributed by atoms with Crippen molar-refractivity contribution in [2.75, 3.05) is 13.6 Å². The van der Waals surface area contributed by atoms with Crippen LogP contribution in [0.25, 0.3) is 0 Å². The zero-order valence-electron chi connectivity index (χ0n) is 12.8. The molecule has 0 fully saturated rings. The van der Waals surface area contributed by atoms with Crippen molar-refractivity contribution in [2.45, 2.75) is 33.4 Å². The minimum absolute atomic E-state index is 0.0249. The van der Waals surface area contributed by atoms with Gasteiger partial charge in [-0.1, -0.05) is 19.1 Å². The lowest BCUT2D eigenvalue weighted by molar-refractivity contribution is 0.0943. The first kappa shape index (κ1) is 18.5. The monoisotopic (exact) mass is 281 g/mol. The topological polar surface area (TPSA) is 91.2 Å². The lowest BCUT2D eigenvalue weighted by Gasteiger charge is -2.09. The minimum atomic E-state index is -0.0249. The number of hydrazine groups is 2. The summed E-state index contributed by atoms with van der Waals surface area (Å²) in [6, 6.07) is 7.73. The maximum absolute atomic E-state index is 11.6. The van der Waals surface area contributed by atoms with Crippen LogP contribution in [-0.2, 0) is 6.54 Å². The van der Waals surface area contributed by atoms with Gasteiger partial charge in [-0.3, -0.25) is 26.9 Å². The third-order valence-corrected chi connectivity index (χ3v) is 2.31. The maximum Gasteiger partial charge on any atom is 0.251 e. The van der Waals surface area contributed by atoms with Crippen molar-refractivity contribution in [3.63, 3.8) is 0 Å². The standard InChI is InChI=1S/C12H19N3O.C2H8N2/c1-9(2)15-12(16)11-6-4-10(5-7-11)8-14-13-3;1-2-4-3/h4-7,9,13-14H,8H2,1-3H3,(H,15,16);4H,2-3H2,1H3. The van der Waals surface area contributed by atoms with Crippen LogP contribution in [0.15, 0.2) is 24.3 Å². The van der Waals surface area contributed by atoms with Gasteiger partial charge in [0.25, 0.3) is 5.91 Å². The summed E-state index contributed by atoms with van der Waals surface area (Å²) < 4.78 is 0. The van der Waals surface area contributed by atoms with Gasteiger partial charge >= 0.3 is 0 Å². The molecule has 0 radical (unpaired) electrons. The fourth-order valence-electron chi connectivity index (χ4n) is 1.31. The molecule has 114 valence electrons. The van der Waals surface area contributed by atoms with Crippen molar-refractivity contribution in [1.82, 2.24) is 21.6 Å². The third-order valence-electron chi connectivity index (χ3n) is 2.31. The minimum Gasteiger partial charge on any atom is -0.350 e. The number of carbonyl (C=O) groups excluding carboxylic acids is 1. The Morgan fingerprint density at radius 1 is 1.25 bits per heavy atom. The van der Waals surface area contributed by atoms with E-state index in [1.165, 1.54) is 0 Å². The summed E-state index contributed by atoms with van der Waals surface area (Å²) in [5.41, 5.74) is 10.1. The van der Waals surface area contributed by atoms with Gasteiger partial charge in [0, 0.05) is 24.7 Å². The fraction of sp³-hybridized carbons (Fsp3) is 0.500. The number of rotatable bonds is 6. The van der Waals surface area contributed by atoms with Gasteiger partial charge in [0.05, 0.1) is 0 Å². The van der Waals surface area contributed by atoms with Crippen molar-refractivity contribution >= 4 is 5.91 Å². The summed E-state index contributed by atoms with van der Waals surface area (Å²) in [6.07, 6.45) is 0. The van der Waals surface area contributed by atoms with E-state index in [0.29, 0.717) is 5.56 Å². The van der Waals surface area contributed by atoms with Crippen LogP contribution >= 0.6 is 0 Å². The molecular weight excluding hydrogens is 254 g/mol. The van der Waals surface area contributed by atoms with Gasteiger partial charge in [-0.2, -0.15) is 0 Å². The number of nitrogens with one attached hydrogen (secondary N) is 4. The predicted octanol–water partition coefficient (Wildman–Crippen LogP) is 0.518. The average molecular weight is 281 g/mol. The fourth-order valence-corrected chi connectivity index (χ4v) is 1.31. The molecule has 0 aliphatic heterocycles. The van der Waals surface area contributed by atoms with Crippen LogP contribution in [0.2, 0.25) is 0 Å². The second kappa shape index (κ2) is 11.4. The molecule has 0 aromatic heterocycles. The van der Waals surface area contributed by atoms with E-state index in [2.05, 4.69) is 21.6 Å². The predicted molar refractivity (Wildman–Crippen MR) is 82.8 cm³/mol. The molecule has 0 spiro atoms. The first-order valence-corrected chi connectivity index (χ1v) is 6.78. The number of hydrogen-bond donors (Lipinski definition) is 5. The van der Waals surface area contributed by atoms with Gasteiger partial charge in [-0.25, -0.2) is 0 Å². The molecule has 1 aromatic rings. The van der Waals surface area contributed by atoms with E-state index in [9.17, 15) is 4.79 Å². The van der Waals surface area contributed by atoms with Crippen molar-refractivity contribution in [1.29, 1.82) is 0 Å². The average Bonchev–Trinajstić information content (AvgIpc) is 2.45. The van der Waals surface area contributed by atoms with E-state index < -0.39 is 0 Å². The quantitative estimate of drug-likeness (QED) is 0.387. The Bertz CT molecular complexity index is 362. The van der Waals surface area contributed by atoms with Crippen LogP contribution in [0.5, 0.6) is 0 Å². The molecule has 6 N–H and O–H groups in total. The third kappa shape index (κ3) is 8.60. The lowest BCUT2D eigenvalue weighted by atomic mass is 10.1. The van der Waals surface area contributed by atoms with E-state index in [0.717, 1.165) is 18.7 Å². The lowest BCUT2D eigenvalue weighted by Crippen LogP contribution is -2.30. The highest BCUT2D eigenvalue weighted by Crippen LogP contribution is 2.04. The highest BCUT2D eigenvalue weighted by molar-refractivity contribution is 5.94. The molecule has 0 heterocycles. The Morgan fingerprint density at radius 3 is 2.20 bits per heavy atom. The van der Waals surface area contributed by atoms with E-state index in [-0.39, 0.29) is 11.9 Å². The molecule has 1 rings (SSSR count). The molecule has 1 aromatic carbocycles. The van der Waals surface area contributed by atoms with Gasteiger partial charge < -0.3 is 5.32 Å². The zero-order chi connectivity index (χ0) is 15.4. The van der Waals surface area contributed by atoms with Crippen LogP contribution in [0, 0.1) is 0 Å². The van der Waals surface area contributed by atoms with Crippen LogP contribution in [0.4, 0.5) is 0 Å². The normalized spacial score (nSPS) is 9.90. The molecule has 0 bridgehead atoms. The van der Waals surface area contributed by atoms with Crippen molar-refractivity contribution < 1.29 is 4.79 Å². The van der Waals surface area contributed by atoms with Crippen LogP contribution < -0.4 is 27.4 Å². The van der Waals surface area contributed by atoms with E-state index in [1.54, 1.807) is 0 Å². The Balaban J connectivity index is 0.000000796. The van der Waals surface area contributed by atoms with E-state index >= 15 is 0 Å². The molecule has 0 aliphatic carbocycles. The van der Waals surface area contributed by atoms with Crippen molar-refractivity contribution in [2.24, 2.45) is 5.84 Å². The number of amides is 1. The molecule has 0 aliphatic rings. The highest BCUT2D eigenvalue weighted by Gasteiger charge is 2.05. The molecule has 0 atom stereocenters. The molecule has 0 unspecified atom stereocenters. The number of nitrogens with two attached hydrogens (primary N) is 1. The zero-order valence-corrected chi connectivity index (χ0v) is 12.8. The van der Waals surface area contributed by atoms with E-state index in [4.69, 9.17) is 5.84 Å². The Hall–Kier alpha value is -1.47. The molecule has 6 nitrogen and oxygen atoms in total. The summed E-state index contributed by atoms with van der Waals surface area (Å²) in [4.78, 5) is 11.6. The highest BCUT2D eigenvalue weighted by atomic mass is 16.1. The van der Waals surface area contributed by atoms with Gasteiger partial charge in [-0.15, -0.1) is 0 Å². The Morgan fingerprint density at radius 2 is 1.80 bits per heavy atom. The largest absolute Gasteiger partial charge is 0.350 e. The molecular formula is C14H27N5O. The van der Waals surface area contributed by atoms with Crippen LogP contribution in [0.1, 0.15) is 36.7 Å². The van der Waals surface area contributed by atoms with Crippen LogP contribution in [-0.4, -0.2) is 25.5 Å². The number of hydrogen-bond acceptors (Lipinski definition) is 5. The molecule has 6 heteroatoms. The van der Waals surface area contributed by atoms with Crippen molar-refractivity contribution in [3.05, 3.63) is 35.4 Å². The number of carbonyl (C=O) groups is 1. The Labute approximate surface area is 121 Å². The summed E-state index contributed by atoms with van der Waals surface area (Å²) in [5.74, 6) is 4.75. The van der Waals surface area contributed by atoms with Gasteiger partial charge in [0.15, 0.2) is 0 Å². The molecule has 0 saturated heterocycles. The van der Waals surface area contributed by atoms with Crippen LogP contribution in [0.3, 0.4) is 0 Å². The first-order chi connectivity index (χ1) is 9.54. The smallest absolute Gasteiger partial charge is 0.251 e. The number of benzene rings is 1. The van der Waals surface area contributed by atoms with E-state index in [1.807, 2.05) is 52.1 Å². The molecule has 1 amide bonds. The molecule has 0 saturated carbocycles. The van der Waals surface area contributed by atoms with Gasteiger partial charge in [0.2, 0.25) is 0 Å². The second-order valence-electron chi connectivity index (χ2n) is 4.49. The second-order valence-corrected chi connectivity index (χ2v) is 4.49. The molecule has 20 heavy (non-hydrogen) atoms. The van der Waals surface area contributed by atoms with Crippen molar-refractivity contribution in [3.8, 4) is 0 Å². The maximum atomic E-state index is 11.6. The Kier molecular flexibility index (Phi) is 10.5. The first-order valence-electron chi connectivity index (χ1n) is 6.78. The van der Waals surface area contributed by atoms with Gasteiger partial charge in [-0.05, 0) is 38.6 Å². The summed E-state index contributed by atoms with van der Waals surface area (Å²) in [5, 5.41) is 2.85.